The second-order valence-electron chi connectivity index (χ2n) is 10.6. The molecule has 4 unspecified atom stereocenters. The minimum absolute atomic E-state index is 0.107. The summed E-state index contributed by atoms with van der Waals surface area (Å²) < 4.78 is 25.6. The van der Waals surface area contributed by atoms with Gasteiger partial charge in [-0.05, 0) is 47.7 Å². The van der Waals surface area contributed by atoms with Gasteiger partial charge in [-0.15, -0.1) is 0 Å². The number of methoxy groups -OCH3 is 2. The normalized spacial score (nSPS) is 26.9. The molecule has 7 rings (SSSR count). The van der Waals surface area contributed by atoms with Gasteiger partial charge in [-0.1, -0.05) is 61.2 Å². The van der Waals surface area contributed by atoms with Crippen molar-refractivity contribution in [3.63, 3.8) is 0 Å². The van der Waals surface area contributed by atoms with Gasteiger partial charge in [0.25, 0.3) is 5.91 Å². The van der Waals surface area contributed by atoms with Crippen LogP contribution in [0, 0.1) is 17.2 Å². The van der Waals surface area contributed by atoms with Crippen molar-refractivity contribution < 1.29 is 23.5 Å². The summed E-state index contributed by atoms with van der Waals surface area (Å²) in [5.74, 6) is -0.711. The van der Waals surface area contributed by atoms with E-state index in [1.807, 2.05) is 36.4 Å². The third-order valence-corrected chi connectivity index (χ3v) is 9.22. The smallest absolute Gasteiger partial charge is 0.314 e. The van der Waals surface area contributed by atoms with E-state index < -0.39 is 10.8 Å². The number of hydrogen-bond donors (Lipinski definition) is 0. The summed E-state index contributed by atoms with van der Waals surface area (Å²) in [6.45, 7) is 4.68. The van der Waals surface area contributed by atoms with E-state index >= 15 is 0 Å². The molecule has 3 aliphatic carbocycles. The van der Waals surface area contributed by atoms with E-state index in [2.05, 4.69) is 18.7 Å². The molecule has 6 heteroatoms. The summed E-state index contributed by atoms with van der Waals surface area (Å²) in [7, 11) is 2.97. The van der Waals surface area contributed by atoms with Crippen LogP contribution in [0.4, 0.5) is 4.39 Å². The molecule has 3 aromatic carbocycles. The molecule has 1 saturated heterocycles. The molecule has 194 valence electrons. The van der Waals surface area contributed by atoms with Crippen molar-refractivity contribution in [3.05, 3.63) is 107 Å². The fourth-order valence-corrected chi connectivity index (χ4v) is 7.75. The highest BCUT2D eigenvalue weighted by molar-refractivity contribution is 6.19. The molecule has 4 aliphatic rings. The van der Waals surface area contributed by atoms with Gasteiger partial charge >= 0.3 is 5.97 Å². The van der Waals surface area contributed by atoms with Crippen molar-refractivity contribution in [2.24, 2.45) is 11.3 Å². The van der Waals surface area contributed by atoms with Gasteiger partial charge in [-0.3, -0.25) is 9.59 Å². The van der Waals surface area contributed by atoms with E-state index in [0.29, 0.717) is 23.4 Å². The average molecular weight is 512 g/mol. The van der Waals surface area contributed by atoms with Gasteiger partial charge in [0.15, 0.2) is 0 Å². The standard InChI is InChI=1S/C32H30FNO4/c1-20(23-11-5-7-14-27(23)37-2)29(35)34-18-28-31(21-9-8-10-22(33)17-21)16-15-26(24-12-4-6-13-25(24)31)32(28,19-34)30(36)38-3/h4-14,17,26,28H,1,15-16,18-19H2,2-3H3. The lowest BCUT2D eigenvalue weighted by molar-refractivity contribution is -0.161. The van der Waals surface area contributed by atoms with Crippen molar-refractivity contribution in [2.45, 2.75) is 24.2 Å². The Labute approximate surface area is 221 Å². The van der Waals surface area contributed by atoms with E-state index in [1.165, 1.54) is 13.2 Å². The summed E-state index contributed by atoms with van der Waals surface area (Å²) in [5.41, 5.74) is 2.37. The van der Waals surface area contributed by atoms with Crippen LogP contribution in [0.25, 0.3) is 5.57 Å². The molecular formula is C32H30FNO4. The minimum Gasteiger partial charge on any atom is -0.496 e. The highest BCUT2D eigenvalue weighted by atomic mass is 19.1. The second-order valence-corrected chi connectivity index (χ2v) is 10.6. The average Bonchev–Trinajstić information content (AvgIpc) is 3.40. The van der Waals surface area contributed by atoms with E-state index in [0.717, 1.165) is 29.5 Å². The number of fused-ring (bicyclic) bond motifs is 1. The summed E-state index contributed by atoms with van der Waals surface area (Å²) in [4.78, 5) is 29.6. The van der Waals surface area contributed by atoms with Crippen molar-refractivity contribution in [3.8, 4) is 5.75 Å². The van der Waals surface area contributed by atoms with Crippen molar-refractivity contribution in [1.82, 2.24) is 4.90 Å². The van der Waals surface area contributed by atoms with Crippen LogP contribution in [0.3, 0.4) is 0 Å². The van der Waals surface area contributed by atoms with Crippen LogP contribution in [-0.2, 0) is 19.7 Å². The molecule has 2 fully saturated rings. The van der Waals surface area contributed by atoms with Crippen LogP contribution in [-0.4, -0.2) is 44.1 Å². The Morgan fingerprint density at radius 2 is 1.79 bits per heavy atom. The molecule has 2 bridgehead atoms. The quantitative estimate of drug-likeness (QED) is 0.343. The third-order valence-electron chi connectivity index (χ3n) is 9.22. The molecule has 0 spiro atoms. The number of carbonyl (C=O) groups excluding carboxylic acids is 2. The Kier molecular flexibility index (Phi) is 5.67. The van der Waals surface area contributed by atoms with E-state index in [4.69, 9.17) is 9.47 Å². The van der Waals surface area contributed by atoms with E-state index in [9.17, 15) is 14.0 Å². The number of nitrogens with zero attached hydrogens (tertiary/aromatic N) is 1. The number of esters is 1. The monoisotopic (exact) mass is 511 g/mol. The van der Waals surface area contributed by atoms with Crippen molar-refractivity contribution >= 4 is 17.4 Å². The first-order valence-electron chi connectivity index (χ1n) is 12.9. The first-order valence-corrected chi connectivity index (χ1v) is 12.9. The Morgan fingerprint density at radius 1 is 1.03 bits per heavy atom. The van der Waals surface area contributed by atoms with Gasteiger partial charge in [0.2, 0.25) is 0 Å². The largest absolute Gasteiger partial charge is 0.496 e. The van der Waals surface area contributed by atoms with Gasteiger partial charge in [-0.25, -0.2) is 4.39 Å². The molecule has 4 atom stereocenters. The molecule has 38 heavy (non-hydrogen) atoms. The Bertz CT molecular complexity index is 1470. The molecule has 0 N–H and O–H groups in total. The van der Waals surface area contributed by atoms with Gasteiger partial charge in [0.1, 0.15) is 11.6 Å². The fraction of sp³-hybridized carbons (Fsp3) is 0.312. The predicted octanol–water partition coefficient (Wildman–Crippen LogP) is 5.34. The second kappa shape index (κ2) is 8.83. The van der Waals surface area contributed by atoms with Crippen LogP contribution in [0.15, 0.2) is 79.4 Å². The molecule has 1 amide bonds. The van der Waals surface area contributed by atoms with E-state index in [-0.39, 0.29) is 36.1 Å². The van der Waals surface area contributed by atoms with Crippen molar-refractivity contribution in [1.29, 1.82) is 0 Å². The summed E-state index contributed by atoms with van der Waals surface area (Å²) >= 11 is 0. The highest BCUT2D eigenvalue weighted by Gasteiger charge is 2.71. The highest BCUT2D eigenvalue weighted by Crippen LogP contribution is 2.69. The maximum Gasteiger partial charge on any atom is 0.314 e. The van der Waals surface area contributed by atoms with Crippen LogP contribution in [0.5, 0.6) is 5.75 Å². The van der Waals surface area contributed by atoms with Crippen molar-refractivity contribution in [2.75, 3.05) is 27.3 Å². The minimum atomic E-state index is -0.954. The summed E-state index contributed by atoms with van der Waals surface area (Å²) in [6.07, 6.45) is 1.51. The number of halogens is 1. The van der Waals surface area contributed by atoms with Crippen LogP contribution >= 0.6 is 0 Å². The molecular weight excluding hydrogens is 481 g/mol. The molecule has 1 saturated carbocycles. The first-order chi connectivity index (χ1) is 18.4. The number of ether oxygens (including phenoxy) is 2. The zero-order chi connectivity index (χ0) is 26.7. The number of amides is 1. The van der Waals surface area contributed by atoms with Crippen LogP contribution in [0.1, 0.15) is 41.0 Å². The predicted molar refractivity (Wildman–Crippen MR) is 142 cm³/mol. The van der Waals surface area contributed by atoms with E-state index in [1.54, 1.807) is 30.2 Å². The molecule has 5 nitrogen and oxygen atoms in total. The Morgan fingerprint density at radius 3 is 2.55 bits per heavy atom. The first kappa shape index (κ1) is 24.4. The third kappa shape index (κ3) is 3.15. The summed E-state index contributed by atoms with van der Waals surface area (Å²) in [6, 6.07) is 22.2. The lowest BCUT2D eigenvalue weighted by Gasteiger charge is -2.59. The number of likely N-dealkylation sites (tertiary alicyclic amines) is 1. The number of benzene rings is 3. The maximum absolute atomic E-state index is 14.7. The fourth-order valence-electron chi connectivity index (χ4n) is 7.75. The number of carbonyl (C=O) groups is 2. The van der Waals surface area contributed by atoms with Gasteiger partial charge in [-0.2, -0.15) is 0 Å². The molecule has 0 aromatic heterocycles. The van der Waals surface area contributed by atoms with Crippen LogP contribution in [0.2, 0.25) is 0 Å². The molecule has 3 aromatic rings. The van der Waals surface area contributed by atoms with Gasteiger partial charge in [0.05, 0.1) is 19.6 Å². The zero-order valence-corrected chi connectivity index (χ0v) is 21.6. The molecule has 1 heterocycles. The SMILES string of the molecule is C=C(C(=O)N1CC2C3(c4cccc(F)c4)CCC(c4ccccc43)C2(C(=O)OC)C1)c1ccccc1OC. The molecule has 0 radical (unpaired) electrons. The maximum atomic E-state index is 14.7. The number of hydrogen-bond acceptors (Lipinski definition) is 4. The number of rotatable bonds is 5. The number of para-hydroxylation sites is 1. The lowest BCUT2D eigenvalue weighted by Crippen LogP contribution is -2.60. The Hall–Kier alpha value is -3.93. The summed E-state index contributed by atoms with van der Waals surface area (Å²) in [5, 5.41) is 0. The Balaban J connectivity index is 1.51. The topological polar surface area (TPSA) is 55.8 Å². The zero-order valence-electron chi connectivity index (χ0n) is 21.6. The van der Waals surface area contributed by atoms with Crippen LogP contribution < -0.4 is 4.74 Å². The van der Waals surface area contributed by atoms with Gasteiger partial charge in [0, 0.05) is 41.5 Å². The molecule has 1 aliphatic heterocycles. The lowest BCUT2D eigenvalue weighted by atomic mass is 9.42. The van der Waals surface area contributed by atoms with Gasteiger partial charge < -0.3 is 14.4 Å².